The molecule has 1 aliphatic rings. The predicted octanol–water partition coefficient (Wildman–Crippen LogP) is 2.35. The van der Waals surface area contributed by atoms with Crippen LogP contribution in [0, 0.1) is 5.92 Å². The Kier molecular flexibility index (Phi) is 3.56. The molecule has 2 aromatic rings. The zero-order chi connectivity index (χ0) is 14.8. The molecule has 1 unspecified atom stereocenters. The Hall–Kier alpha value is -2.43. The number of nitrogens with one attached hydrogen (secondary N) is 1. The Balaban J connectivity index is 1.58. The van der Waals surface area contributed by atoms with E-state index in [1.807, 2.05) is 44.2 Å². The van der Waals surface area contributed by atoms with Gasteiger partial charge in [0.05, 0.1) is 12.5 Å². The molecule has 0 aliphatic heterocycles. The van der Waals surface area contributed by atoms with Crippen molar-refractivity contribution in [1.29, 1.82) is 0 Å². The van der Waals surface area contributed by atoms with Crippen molar-refractivity contribution in [2.24, 2.45) is 5.92 Å². The van der Waals surface area contributed by atoms with Crippen LogP contribution in [0.1, 0.15) is 31.2 Å². The van der Waals surface area contributed by atoms with Crippen molar-refractivity contribution in [3.8, 4) is 0 Å². The van der Waals surface area contributed by atoms with Gasteiger partial charge in [0.1, 0.15) is 0 Å². The lowest BCUT2D eigenvalue weighted by atomic mass is 10.1. The zero-order valence-corrected chi connectivity index (χ0v) is 12.1. The fourth-order valence-corrected chi connectivity index (χ4v) is 2.44. The van der Waals surface area contributed by atoms with Gasteiger partial charge < -0.3 is 9.73 Å². The molecule has 3 rings (SSSR count). The van der Waals surface area contributed by atoms with Gasteiger partial charge in [-0.25, -0.2) is 0 Å². The molecule has 1 heterocycles. The van der Waals surface area contributed by atoms with Crippen LogP contribution in [-0.4, -0.2) is 16.1 Å². The number of benzene rings is 1. The molecular formula is C16H17N3O2. The van der Waals surface area contributed by atoms with Gasteiger partial charge in [-0.1, -0.05) is 42.8 Å². The SMILES string of the molecule is CCc1nnc(CNC(=O)C2C(C)=C2c2ccccc2)o1. The highest BCUT2D eigenvalue weighted by Crippen LogP contribution is 2.46. The minimum absolute atomic E-state index is 0.0115. The largest absolute Gasteiger partial charge is 0.423 e. The van der Waals surface area contributed by atoms with E-state index in [4.69, 9.17) is 4.42 Å². The van der Waals surface area contributed by atoms with Gasteiger partial charge in [-0.3, -0.25) is 4.79 Å². The zero-order valence-electron chi connectivity index (χ0n) is 12.1. The monoisotopic (exact) mass is 283 g/mol. The number of aryl methyl sites for hydroxylation is 1. The van der Waals surface area contributed by atoms with Gasteiger partial charge in [-0.2, -0.15) is 0 Å². The molecule has 1 aliphatic carbocycles. The maximum absolute atomic E-state index is 12.2. The van der Waals surface area contributed by atoms with Crippen molar-refractivity contribution in [3.05, 3.63) is 53.2 Å². The van der Waals surface area contributed by atoms with E-state index >= 15 is 0 Å². The van der Waals surface area contributed by atoms with Gasteiger partial charge in [0.25, 0.3) is 0 Å². The number of carbonyl (C=O) groups excluding carboxylic acids is 1. The molecule has 0 radical (unpaired) electrons. The van der Waals surface area contributed by atoms with E-state index < -0.39 is 0 Å². The van der Waals surface area contributed by atoms with E-state index in [2.05, 4.69) is 15.5 Å². The summed E-state index contributed by atoms with van der Waals surface area (Å²) in [6.07, 6.45) is 0.697. The highest BCUT2D eigenvalue weighted by atomic mass is 16.4. The second-order valence-corrected chi connectivity index (χ2v) is 5.06. The first-order chi connectivity index (χ1) is 10.2. The lowest BCUT2D eigenvalue weighted by molar-refractivity contribution is -0.121. The molecule has 1 N–H and O–H groups in total. The van der Waals surface area contributed by atoms with Gasteiger partial charge in [0, 0.05) is 6.42 Å². The summed E-state index contributed by atoms with van der Waals surface area (Å²) in [5, 5.41) is 10.6. The van der Waals surface area contributed by atoms with E-state index in [9.17, 15) is 4.79 Å². The smallest absolute Gasteiger partial charge is 0.235 e. The average molecular weight is 283 g/mol. The summed E-state index contributed by atoms with van der Waals surface area (Å²) in [5.74, 6) is 0.897. The van der Waals surface area contributed by atoms with Crippen LogP contribution in [0.5, 0.6) is 0 Å². The summed E-state index contributed by atoms with van der Waals surface area (Å²) < 4.78 is 5.37. The van der Waals surface area contributed by atoms with Gasteiger partial charge in [0.15, 0.2) is 0 Å². The van der Waals surface area contributed by atoms with Crippen LogP contribution in [0.15, 0.2) is 40.3 Å². The first-order valence-corrected chi connectivity index (χ1v) is 7.05. The van der Waals surface area contributed by atoms with E-state index in [1.54, 1.807) is 0 Å². The van der Waals surface area contributed by atoms with Crippen molar-refractivity contribution in [3.63, 3.8) is 0 Å². The number of hydrogen-bond donors (Lipinski definition) is 1. The van der Waals surface area contributed by atoms with Crippen molar-refractivity contribution in [2.45, 2.75) is 26.8 Å². The molecular weight excluding hydrogens is 266 g/mol. The molecule has 0 spiro atoms. The molecule has 0 fully saturated rings. The van der Waals surface area contributed by atoms with Crippen LogP contribution in [0.25, 0.3) is 5.57 Å². The third kappa shape index (κ3) is 2.72. The van der Waals surface area contributed by atoms with Gasteiger partial charge >= 0.3 is 0 Å². The molecule has 0 saturated heterocycles. The maximum Gasteiger partial charge on any atom is 0.235 e. The highest BCUT2D eigenvalue weighted by molar-refractivity contribution is 6.05. The number of nitrogens with zero attached hydrogens (tertiary/aromatic N) is 2. The molecule has 1 aromatic carbocycles. The fraction of sp³-hybridized carbons (Fsp3) is 0.312. The topological polar surface area (TPSA) is 68.0 Å². The number of rotatable bonds is 5. The van der Waals surface area contributed by atoms with Crippen LogP contribution >= 0.6 is 0 Å². The van der Waals surface area contributed by atoms with Crippen molar-refractivity contribution in [2.75, 3.05) is 0 Å². The Morgan fingerprint density at radius 2 is 1.95 bits per heavy atom. The molecule has 1 atom stereocenters. The fourth-order valence-electron chi connectivity index (χ4n) is 2.44. The summed E-state index contributed by atoms with van der Waals surface area (Å²) in [5.41, 5.74) is 3.35. The lowest BCUT2D eigenvalue weighted by Crippen LogP contribution is -2.26. The summed E-state index contributed by atoms with van der Waals surface area (Å²) in [6.45, 7) is 4.21. The standard InChI is InChI=1S/C16H17N3O2/c1-3-12-18-19-13(21-12)9-17-16(20)15-10(2)14(15)11-7-5-4-6-8-11/h4-8,15H,3,9H2,1-2H3,(H,17,20). The molecule has 1 amide bonds. The number of hydrogen-bond acceptors (Lipinski definition) is 4. The van der Waals surface area contributed by atoms with Crippen LogP contribution < -0.4 is 5.32 Å². The van der Waals surface area contributed by atoms with Crippen LogP contribution in [0.4, 0.5) is 0 Å². The van der Waals surface area contributed by atoms with E-state index in [-0.39, 0.29) is 18.4 Å². The van der Waals surface area contributed by atoms with E-state index in [0.29, 0.717) is 18.2 Å². The highest BCUT2D eigenvalue weighted by Gasteiger charge is 2.39. The van der Waals surface area contributed by atoms with Gasteiger partial charge in [-0.15, -0.1) is 10.2 Å². The van der Waals surface area contributed by atoms with Crippen LogP contribution in [0.2, 0.25) is 0 Å². The van der Waals surface area contributed by atoms with Crippen molar-refractivity contribution in [1.82, 2.24) is 15.5 Å². The molecule has 5 nitrogen and oxygen atoms in total. The Labute approximate surface area is 123 Å². The molecule has 108 valence electrons. The third-order valence-corrected chi connectivity index (χ3v) is 3.64. The summed E-state index contributed by atoms with van der Waals surface area (Å²) in [4.78, 5) is 12.2. The Morgan fingerprint density at radius 1 is 1.24 bits per heavy atom. The Bertz CT molecular complexity index is 689. The number of amides is 1. The Morgan fingerprint density at radius 3 is 2.62 bits per heavy atom. The van der Waals surface area contributed by atoms with Crippen molar-refractivity contribution < 1.29 is 9.21 Å². The summed E-state index contributed by atoms with van der Waals surface area (Å²) in [7, 11) is 0. The van der Waals surface area contributed by atoms with Crippen LogP contribution in [0.3, 0.4) is 0 Å². The molecule has 0 bridgehead atoms. The first-order valence-electron chi connectivity index (χ1n) is 7.05. The maximum atomic E-state index is 12.2. The quantitative estimate of drug-likeness (QED) is 0.914. The first kappa shape index (κ1) is 13.5. The molecule has 1 aromatic heterocycles. The summed E-state index contributed by atoms with van der Waals surface area (Å²) in [6, 6.07) is 9.98. The van der Waals surface area contributed by atoms with E-state index in [1.165, 1.54) is 0 Å². The lowest BCUT2D eigenvalue weighted by Gasteiger charge is -2.03. The number of carbonyl (C=O) groups is 1. The molecule has 0 saturated carbocycles. The minimum Gasteiger partial charge on any atom is -0.423 e. The van der Waals surface area contributed by atoms with Gasteiger partial charge in [-0.05, 0) is 18.1 Å². The third-order valence-electron chi connectivity index (χ3n) is 3.64. The van der Waals surface area contributed by atoms with Crippen molar-refractivity contribution >= 4 is 11.5 Å². The van der Waals surface area contributed by atoms with Gasteiger partial charge in [0.2, 0.25) is 17.7 Å². The minimum atomic E-state index is -0.124. The second kappa shape index (κ2) is 5.52. The summed E-state index contributed by atoms with van der Waals surface area (Å²) >= 11 is 0. The number of aromatic nitrogens is 2. The second-order valence-electron chi connectivity index (χ2n) is 5.06. The van der Waals surface area contributed by atoms with Crippen LogP contribution in [-0.2, 0) is 17.8 Å². The molecule has 5 heteroatoms. The molecule has 21 heavy (non-hydrogen) atoms. The normalized spacial score (nSPS) is 17.0. The average Bonchev–Trinajstić information content (AvgIpc) is 2.98. The van der Waals surface area contributed by atoms with E-state index in [0.717, 1.165) is 16.7 Å². The predicted molar refractivity (Wildman–Crippen MR) is 78.0 cm³/mol.